The average molecular weight is 215 g/mol. The minimum Gasteiger partial charge on any atom is -0.381 e. The van der Waals surface area contributed by atoms with Gasteiger partial charge in [0.05, 0.1) is 0 Å². The molecule has 2 nitrogen and oxygen atoms in total. The van der Waals surface area contributed by atoms with Gasteiger partial charge in [0.25, 0.3) is 0 Å². The lowest BCUT2D eigenvalue weighted by Crippen LogP contribution is -2.27. The smallest absolute Gasteiger partial charge is 0.103 e. The van der Waals surface area contributed by atoms with Crippen molar-refractivity contribution in [2.75, 3.05) is 13.2 Å². The molecule has 1 aliphatic rings. The average Bonchev–Trinajstić information content (AvgIpc) is 2.54. The monoisotopic (exact) mass is 215 g/mol. The third-order valence-corrected chi connectivity index (χ3v) is 4.67. The highest BCUT2D eigenvalue weighted by atomic mass is 32.1. The molecule has 0 bridgehead atoms. The SMILES string of the molecule is Cc1csc(C2(P)CCOCC2)n1. The summed E-state index contributed by atoms with van der Waals surface area (Å²) in [5.74, 6) is 0. The van der Waals surface area contributed by atoms with Crippen LogP contribution in [0.1, 0.15) is 23.5 Å². The predicted molar refractivity (Wildman–Crippen MR) is 58.3 cm³/mol. The van der Waals surface area contributed by atoms with Crippen molar-refractivity contribution < 1.29 is 4.74 Å². The van der Waals surface area contributed by atoms with E-state index in [4.69, 9.17) is 4.74 Å². The molecular formula is C9H14NOPS. The summed E-state index contributed by atoms with van der Waals surface area (Å²) in [6.45, 7) is 3.78. The Bertz CT molecular complexity index is 294. The summed E-state index contributed by atoms with van der Waals surface area (Å²) < 4.78 is 5.36. The molecule has 2 rings (SSSR count). The van der Waals surface area contributed by atoms with E-state index in [9.17, 15) is 0 Å². The Kier molecular flexibility index (Phi) is 2.68. The Hall–Kier alpha value is 0.0200. The van der Waals surface area contributed by atoms with Gasteiger partial charge < -0.3 is 4.74 Å². The van der Waals surface area contributed by atoms with E-state index in [0.717, 1.165) is 31.7 Å². The maximum Gasteiger partial charge on any atom is 0.103 e. The van der Waals surface area contributed by atoms with Gasteiger partial charge in [0.2, 0.25) is 0 Å². The summed E-state index contributed by atoms with van der Waals surface area (Å²) in [5, 5.41) is 3.56. The first kappa shape index (κ1) is 9.57. The molecule has 1 atom stereocenters. The van der Waals surface area contributed by atoms with E-state index < -0.39 is 0 Å². The van der Waals surface area contributed by atoms with Crippen molar-refractivity contribution in [2.45, 2.75) is 24.9 Å². The molecule has 4 heteroatoms. The molecule has 1 fully saturated rings. The Balaban J connectivity index is 2.22. The van der Waals surface area contributed by atoms with Crippen molar-refractivity contribution >= 4 is 20.6 Å². The summed E-state index contributed by atoms with van der Waals surface area (Å²) in [6, 6.07) is 0. The molecule has 1 aliphatic heterocycles. The van der Waals surface area contributed by atoms with Gasteiger partial charge in [0.1, 0.15) is 5.01 Å². The predicted octanol–water partition coefficient (Wildman–Crippen LogP) is 2.33. The minimum absolute atomic E-state index is 0.192. The second kappa shape index (κ2) is 3.64. The minimum atomic E-state index is 0.192. The van der Waals surface area contributed by atoms with E-state index in [0.29, 0.717) is 0 Å². The number of nitrogens with zero attached hydrogens (tertiary/aromatic N) is 1. The van der Waals surface area contributed by atoms with Gasteiger partial charge in [-0.05, 0) is 19.8 Å². The van der Waals surface area contributed by atoms with Gasteiger partial charge in [-0.15, -0.1) is 20.6 Å². The second-order valence-corrected chi connectivity index (χ2v) is 5.53. The maximum atomic E-state index is 5.36. The topological polar surface area (TPSA) is 22.1 Å². The fraction of sp³-hybridized carbons (Fsp3) is 0.667. The molecule has 0 N–H and O–H groups in total. The molecule has 0 amide bonds. The van der Waals surface area contributed by atoms with Crippen LogP contribution >= 0.6 is 20.6 Å². The molecule has 0 aliphatic carbocycles. The number of aryl methyl sites for hydroxylation is 1. The van der Waals surface area contributed by atoms with Crippen molar-refractivity contribution in [3.63, 3.8) is 0 Å². The van der Waals surface area contributed by atoms with E-state index in [2.05, 4.69) is 19.6 Å². The lowest BCUT2D eigenvalue weighted by Gasteiger charge is -2.31. The summed E-state index contributed by atoms with van der Waals surface area (Å²) in [4.78, 5) is 4.55. The lowest BCUT2D eigenvalue weighted by atomic mass is 10.00. The van der Waals surface area contributed by atoms with Crippen molar-refractivity contribution in [1.82, 2.24) is 4.98 Å². The highest BCUT2D eigenvalue weighted by molar-refractivity contribution is 7.21. The molecule has 0 aromatic carbocycles. The zero-order valence-corrected chi connectivity index (χ0v) is 9.72. The van der Waals surface area contributed by atoms with Crippen LogP contribution in [0.3, 0.4) is 0 Å². The van der Waals surface area contributed by atoms with Crippen molar-refractivity contribution in [3.8, 4) is 0 Å². The number of hydrogen-bond acceptors (Lipinski definition) is 3. The van der Waals surface area contributed by atoms with Crippen LogP contribution in [0.15, 0.2) is 5.38 Å². The first-order valence-corrected chi connectivity index (χ1v) is 5.96. The molecule has 0 radical (unpaired) electrons. The van der Waals surface area contributed by atoms with E-state index in [1.165, 1.54) is 5.01 Å². The Labute approximate surface area is 84.9 Å². The van der Waals surface area contributed by atoms with Crippen LogP contribution in [0.4, 0.5) is 0 Å². The largest absolute Gasteiger partial charge is 0.381 e. The van der Waals surface area contributed by atoms with Gasteiger partial charge in [0, 0.05) is 29.4 Å². The summed E-state index contributed by atoms with van der Waals surface area (Å²) in [6.07, 6.45) is 2.15. The molecule has 13 heavy (non-hydrogen) atoms. The fourth-order valence-electron chi connectivity index (χ4n) is 1.53. The highest BCUT2D eigenvalue weighted by Crippen LogP contribution is 2.42. The number of thiazole rings is 1. The fourth-order valence-corrected chi connectivity index (χ4v) is 3.01. The van der Waals surface area contributed by atoms with Crippen LogP contribution < -0.4 is 0 Å². The van der Waals surface area contributed by atoms with Gasteiger partial charge in [0.15, 0.2) is 0 Å². The molecule has 1 unspecified atom stereocenters. The number of aromatic nitrogens is 1. The van der Waals surface area contributed by atoms with Gasteiger partial charge in [-0.25, -0.2) is 4.98 Å². The molecule has 1 aromatic heterocycles. The zero-order valence-electron chi connectivity index (χ0n) is 7.75. The Morgan fingerprint density at radius 1 is 1.54 bits per heavy atom. The van der Waals surface area contributed by atoms with Crippen molar-refractivity contribution in [1.29, 1.82) is 0 Å². The third kappa shape index (κ3) is 1.93. The van der Waals surface area contributed by atoms with Crippen LogP contribution in [0.5, 0.6) is 0 Å². The Morgan fingerprint density at radius 2 is 2.23 bits per heavy atom. The second-order valence-electron chi connectivity index (χ2n) is 3.56. The molecule has 1 saturated heterocycles. The van der Waals surface area contributed by atoms with Crippen LogP contribution in [-0.4, -0.2) is 18.2 Å². The van der Waals surface area contributed by atoms with Crippen molar-refractivity contribution in [2.24, 2.45) is 0 Å². The number of rotatable bonds is 1. The molecule has 0 saturated carbocycles. The van der Waals surface area contributed by atoms with Gasteiger partial charge in [-0.1, -0.05) is 0 Å². The molecule has 1 aromatic rings. The zero-order chi connectivity index (χ0) is 9.31. The highest BCUT2D eigenvalue weighted by Gasteiger charge is 2.32. The summed E-state index contributed by atoms with van der Waals surface area (Å²) in [7, 11) is 2.96. The van der Waals surface area contributed by atoms with Gasteiger partial charge in [-0.3, -0.25) is 0 Å². The van der Waals surface area contributed by atoms with Crippen molar-refractivity contribution in [3.05, 3.63) is 16.1 Å². The van der Waals surface area contributed by atoms with E-state index in [1.807, 2.05) is 6.92 Å². The summed E-state index contributed by atoms with van der Waals surface area (Å²) in [5.41, 5.74) is 1.13. The third-order valence-electron chi connectivity index (χ3n) is 2.43. The van der Waals surface area contributed by atoms with E-state index in [1.54, 1.807) is 11.3 Å². The lowest BCUT2D eigenvalue weighted by molar-refractivity contribution is 0.0765. The first-order valence-electron chi connectivity index (χ1n) is 4.50. The normalized spacial score (nSPS) is 21.7. The summed E-state index contributed by atoms with van der Waals surface area (Å²) >= 11 is 1.77. The molecular weight excluding hydrogens is 201 g/mol. The number of ether oxygens (including phenoxy) is 1. The standard InChI is InChI=1S/C9H14NOPS/c1-7-6-13-8(10-7)9(12)2-4-11-5-3-9/h6H,2-5,12H2,1H3. The Morgan fingerprint density at radius 3 is 2.77 bits per heavy atom. The molecule has 72 valence electrons. The van der Waals surface area contributed by atoms with Crippen LogP contribution in [0.2, 0.25) is 0 Å². The van der Waals surface area contributed by atoms with Crippen LogP contribution in [0, 0.1) is 6.92 Å². The van der Waals surface area contributed by atoms with E-state index >= 15 is 0 Å². The van der Waals surface area contributed by atoms with Crippen LogP contribution in [-0.2, 0) is 9.89 Å². The van der Waals surface area contributed by atoms with Crippen LogP contribution in [0.25, 0.3) is 0 Å². The number of hydrogen-bond donors (Lipinski definition) is 0. The molecule has 2 heterocycles. The maximum absolute atomic E-state index is 5.36. The van der Waals surface area contributed by atoms with Gasteiger partial charge >= 0.3 is 0 Å². The molecule has 0 spiro atoms. The van der Waals surface area contributed by atoms with E-state index in [-0.39, 0.29) is 5.16 Å². The first-order chi connectivity index (χ1) is 6.21. The quantitative estimate of drug-likeness (QED) is 0.671. The van der Waals surface area contributed by atoms with Gasteiger partial charge in [-0.2, -0.15) is 0 Å².